The number of amides is 2. The third-order valence-corrected chi connectivity index (χ3v) is 5.66. The minimum absolute atomic E-state index is 0.0316. The Morgan fingerprint density at radius 3 is 2.92 bits per heavy atom. The number of carbonyl (C=O) groups is 3. The highest BCUT2D eigenvalue weighted by atomic mass is 32.2. The molecule has 0 bridgehead atoms. The first kappa shape index (κ1) is 17.5. The normalized spacial score (nSPS) is 22.8. The number of β-lactam (4-membered cyclic amide) rings is 1. The molecule has 0 saturated carbocycles. The lowest BCUT2D eigenvalue weighted by Crippen LogP contribution is -2.70. The molecule has 0 aliphatic carbocycles. The van der Waals surface area contributed by atoms with Crippen LogP contribution in [-0.2, 0) is 14.4 Å². The molecule has 1 fully saturated rings. The predicted octanol–water partition coefficient (Wildman–Crippen LogP) is 0.887. The zero-order valence-corrected chi connectivity index (χ0v) is 14.9. The van der Waals surface area contributed by atoms with Crippen LogP contribution in [0.4, 0.5) is 5.13 Å². The Hall–Kier alpha value is -2.33. The number of nitrogens with zero attached hydrogens (tertiary/aromatic N) is 2. The number of nitrogens with one attached hydrogen (secondary N) is 1. The highest BCUT2D eigenvalue weighted by molar-refractivity contribution is 8.00. The summed E-state index contributed by atoms with van der Waals surface area (Å²) in [6.07, 6.45) is 3.84. The van der Waals surface area contributed by atoms with Crippen molar-refractivity contribution in [1.82, 2.24) is 15.2 Å². The molecule has 25 heavy (non-hydrogen) atoms. The van der Waals surface area contributed by atoms with Crippen molar-refractivity contribution in [2.75, 3.05) is 11.5 Å². The summed E-state index contributed by atoms with van der Waals surface area (Å²) in [5, 5.41) is 13.5. The van der Waals surface area contributed by atoms with Gasteiger partial charge in [0.2, 0.25) is 0 Å². The first-order valence-electron chi connectivity index (χ1n) is 7.54. The number of carbonyl (C=O) groups excluding carboxylic acids is 2. The van der Waals surface area contributed by atoms with Crippen LogP contribution in [0.15, 0.2) is 23.2 Å². The fourth-order valence-electron chi connectivity index (χ4n) is 2.69. The lowest BCUT2D eigenvalue weighted by atomic mass is 10.0. The van der Waals surface area contributed by atoms with E-state index in [1.807, 2.05) is 6.92 Å². The number of hydrogen-bond donors (Lipinski definition) is 3. The molecule has 10 heteroatoms. The van der Waals surface area contributed by atoms with Gasteiger partial charge in [-0.05, 0) is 12.5 Å². The molecule has 0 aromatic carbocycles. The van der Waals surface area contributed by atoms with Gasteiger partial charge in [-0.2, -0.15) is 0 Å². The lowest BCUT2D eigenvalue weighted by molar-refractivity contribution is -0.150. The summed E-state index contributed by atoms with van der Waals surface area (Å²) in [7, 11) is 0. The number of thioether (sulfide) groups is 1. The number of carboxylic acids is 1. The maximum atomic E-state index is 12.6. The van der Waals surface area contributed by atoms with E-state index >= 15 is 0 Å². The van der Waals surface area contributed by atoms with Crippen LogP contribution in [0.3, 0.4) is 0 Å². The molecule has 2 aliphatic heterocycles. The standard InChI is InChI=1S/C15H16N4O4S2/c1-2-3-7(8-6-25-15(16)17-8)11(20)18-10-12(21)19-9(14(22)23)4-5-24-13(10)19/h3-4,6,10,13H,2,5H2,1H3,(H2,16,17)(H,18,20)(H,22,23)/b7-3-/t10-,13-/m1/s1. The molecule has 3 heterocycles. The van der Waals surface area contributed by atoms with Crippen molar-refractivity contribution in [3.8, 4) is 0 Å². The molecular formula is C15H16N4O4S2. The number of rotatable bonds is 5. The van der Waals surface area contributed by atoms with E-state index in [-0.39, 0.29) is 5.70 Å². The molecule has 1 aromatic heterocycles. The Morgan fingerprint density at radius 1 is 1.56 bits per heavy atom. The van der Waals surface area contributed by atoms with Gasteiger partial charge in [0, 0.05) is 11.1 Å². The van der Waals surface area contributed by atoms with E-state index in [0.717, 1.165) is 0 Å². The Bertz CT molecular complexity index is 801. The van der Waals surface area contributed by atoms with Crippen LogP contribution < -0.4 is 11.1 Å². The molecule has 0 radical (unpaired) electrons. The minimum atomic E-state index is -1.15. The number of carboxylic acid groups (broad SMARTS) is 1. The van der Waals surface area contributed by atoms with E-state index in [2.05, 4.69) is 10.3 Å². The number of nitrogens with two attached hydrogens (primary N) is 1. The molecule has 2 aliphatic rings. The van der Waals surface area contributed by atoms with Crippen LogP contribution in [0, 0.1) is 0 Å². The number of aliphatic carboxylic acids is 1. The third-order valence-electron chi connectivity index (χ3n) is 3.80. The summed E-state index contributed by atoms with van der Waals surface area (Å²) >= 11 is 2.64. The van der Waals surface area contributed by atoms with Gasteiger partial charge in [-0.25, -0.2) is 9.78 Å². The fourth-order valence-corrected chi connectivity index (χ4v) is 4.44. The first-order valence-corrected chi connectivity index (χ1v) is 9.47. The van der Waals surface area contributed by atoms with Crippen LogP contribution in [0.2, 0.25) is 0 Å². The molecule has 1 aromatic rings. The Labute approximate surface area is 151 Å². The topological polar surface area (TPSA) is 126 Å². The van der Waals surface area contributed by atoms with Crippen LogP contribution >= 0.6 is 23.1 Å². The maximum absolute atomic E-state index is 12.6. The molecule has 1 saturated heterocycles. The molecular weight excluding hydrogens is 364 g/mol. The lowest BCUT2D eigenvalue weighted by Gasteiger charge is -2.48. The number of hydrogen-bond acceptors (Lipinski definition) is 7. The highest BCUT2D eigenvalue weighted by Crippen LogP contribution is 2.37. The van der Waals surface area contributed by atoms with E-state index in [9.17, 15) is 14.4 Å². The third kappa shape index (κ3) is 3.14. The summed E-state index contributed by atoms with van der Waals surface area (Å²) in [4.78, 5) is 41.5. The minimum Gasteiger partial charge on any atom is -0.477 e. The van der Waals surface area contributed by atoms with Crippen LogP contribution in [-0.4, -0.2) is 49.9 Å². The Balaban J connectivity index is 1.75. The average Bonchev–Trinajstić information content (AvgIpc) is 3.02. The fraction of sp³-hybridized carbons (Fsp3) is 0.333. The monoisotopic (exact) mass is 380 g/mol. The van der Waals surface area contributed by atoms with Gasteiger partial charge >= 0.3 is 5.97 Å². The number of fused-ring (bicyclic) bond motifs is 1. The average molecular weight is 380 g/mol. The first-order chi connectivity index (χ1) is 11.9. The molecule has 0 unspecified atom stereocenters. The smallest absolute Gasteiger partial charge is 0.352 e. The molecule has 3 rings (SSSR count). The van der Waals surface area contributed by atoms with E-state index in [0.29, 0.717) is 28.6 Å². The summed E-state index contributed by atoms with van der Waals surface area (Å²) in [6, 6.07) is -0.753. The number of aromatic nitrogens is 1. The van der Waals surface area contributed by atoms with E-state index in [4.69, 9.17) is 10.8 Å². The quantitative estimate of drug-likeness (QED) is 0.511. The SMILES string of the molecule is CC/C=C(\C(=O)N[C@@H]1C(=O)N2C(C(=O)O)=CCS[C@H]12)c1csc(N)n1. The zero-order valence-electron chi connectivity index (χ0n) is 13.3. The van der Waals surface area contributed by atoms with Gasteiger partial charge in [0.05, 0.1) is 11.3 Å². The molecule has 0 spiro atoms. The Kier molecular flexibility index (Phi) is 4.82. The number of nitrogen functional groups attached to an aromatic ring is 1. The second kappa shape index (κ2) is 6.89. The van der Waals surface area contributed by atoms with Gasteiger partial charge in [-0.1, -0.05) is 13.0 Å². The van der Waals surface area contributed by atoms with Gasteiger partial charge < -0.3 is 16.2 Å². The van der Waals surface area contributed by atoms with Crippen molar-refractivity contribution in [3.63, 3.8) is 0 Å². The number of anilines is 1. The van der Waals surface area contributed by atoms with Crippen molar-refractivity contribution < 1.29 is 19.5 Å². The van der Waals surface area contributed by atoms with Crippen molar-refractivity contribution in [2.45, 2.75) is 24.8 Å². The van der Waals surface area contributed by atoms with Crippen molar-refractivity contribution in [3.05, 3.63) is 28.9 Å². The van der Waals surface area contributed by atoms with Crippen molar-refractivity contribution in [1.29, 1.82) is 0 Å². The molecule has 4 N–H and O–H groups in total. The summed E-state index contributed by atoms with van der Waals surface area (Å²) in [6.45, 7) is 1.89. The number of thiazole rings is 1. The second-order valence-corrected chi connectivity index (χ2v) is 7.41. The van der Waals surface area contributed by atoms with Crippen molar-refractivity contribution in [2.24, 2.45) is 0 Å². The van der Waals surface area contributed by atoms with E-state index < -0.39 is 29.2 Å². The van der Waals surface area contributed by atoms with Gasteiger partial charge in [0.25, 0.3) is 11.8 Å². The van der Waals surface area contributed by atoms with E-state index in [1.165, 1.54) is 34.1 Å². The molecule has 2 amide bonds. The summed E-state index contributed by atoms with van der Waals surface area (Å²) < 4.78 is 0. The van der Waals surface area contributed by atoms with Crippen molar-refractivity contribution >= 4 is 51.6 Å². The van der Waals surface area contributed by atoms with Gasteiger partial charge in [0.1, 0.15) is 17.1 Å². The number of allylic oxidation sites excluding steroid dienone is 1. The largest absolute Gasteiger partial charge is 0.477 e. The van der Waals surface area contributed by atoms with Gasteiger partial charge in [-0.15, -0.1) is 23.1 Å². The van der Waals surface area contributed by atoms with Crippen LogP contribution in [0.25, 0.3) is 5.57 Å². The Morgan fingerprint density at radius 2 is 2.32 bits per heavy atom. The summed E-state index contributed by atoms with van der Waals surface area (Å²) in [5.41, 5.74) is 6.42. The molecule has 2 atom stereocenters. The predicted molar refractivity (Wildman–Crippen MR) is 95.5 cm³/mol. The second-order valence-electron chi connectivity index (χ2n) is 5.37. The van der Waals surface area contributed by atoms with Gasteiger partial charge in [-0.3, -0.25) is 14.5 Å². The zero-order chi connectivity index (χ0) is 18.1. The van der Waals surface area contributed by atoms with Gasteiger partial charge in [0.15, 0.2) is 5.13 Å². The van der Waals surface area contributed by atoms with Crippen LogP contribution in [0.5, 0.6) is 0 Å². The maximum Gasteiger partial charge on any atom is 0.352 e. The summed E-state index contributed by atoms with van der Waals surface area (Å²) in [5.74, 6) is -1.51. The van der Waals surface area contributed by atoms with Crippen LogP contribution in [0.1, 0.15) is 19.0 Å². The highest BCUT2D eigenvalue weighted by Gasteiger charge is 2.52. The van der Waals surface area contributed by atoms with E-state index in [1.54, 1.807) is 11.5 Å². The molecule has 8 nitrogen and oxygen atoms in total. The molecule has 132 valence electrons.